The maximum atomic E-state index is 11.7. The molecule has 1 aliphatic heterocycles. The van der Waals surface area contributed by atoms with Crippen LogP contribution in [-0.4, -0.2) is 30.1 Å². The van der Waals surface area contributed by atoms with Crippen molar-refractivity contribution in [2.45, 2.75) is 25.4 Å². The second kappa shape index (κ2) is 3.33. The van der Waals surface area contributed by atoms with E-state index in [2.05, 4.69) is 0 Å². The lowest BCUT2D eigenvalue weighted by atomic mass is 10.4. The molecule has 1 fully saturated rings. The number of hydrogen-bond acceptors (Lipinski definition) is 1. The van der Waals surface area contributed by atoms with Gasteiger partial charge in [-0.2, -0.15) is 13.2 Å². The molecule has 1 aliphatic rings. The Labute approximate surface area is 68.3 Å². The molecule has 0 aromatic rings. The highest BCUT2D eigenvalue weighted by Gasteiger charge is 2.30. The third kappa shape index (κ3) is 2.71. The van der Waals surface area contributed by atoms with Gasteiger partial charge in [-0.3, -0.25) is 4.79 Å². The smallest absolute Gasteiger partial charge is 0.342 e. The summed E-state index contributed by atoms with van der Waals surface area (Å²) in [5.74, 6) is -0.153. The minimum absolute atomic E-state index is 0.153. The molecule has 5 heteroatoms. The Kier molecular flexibility index (Phi) is 2.59. The molecule has 0 saturated carbocycles. The SMILES string of the molecule is O=C1CCCN1CCC(F)(F)F. The van der Waals surface area contributed by atoms with Crippen molar-refractivity contribution < 1.29 is 18.0 Å². The molecular weight excluding hydrogens is 171 g/mol. The predicted molar refractivity (Wildman–Crippen MR) is 36.5 cm³/mol. The summed E-state index contributed by atoms with van der Waals surface area (Å²) < 4.78 is 35.1. The van der Waals surface area contributed by atoms with Crippen LogP contribution in [0.25, 0.3) is 0 Å². The van der Waals surface area contributed by atoms with Gasteiger partial charge in [0, 0.05) is 19.5 Å². The molecule has 12 heavy (non-hydrogen) atoms. The summed E-state index contributed by atoms with van der Waals surface area (Å²) in [7, 11) is 0. The van der Waals surface area contributed by atoms with Crippen LogP contribution in [0.1, 0.15) is 19.3 Å². The maximum absolute atomic E-state index is 11.7. The Morgan fingerprint density at radius 1 is 1.42 bits per heavy atom. The number of carbonyl (C=O) groups is 1. The molecule has 0 N–H and O–H groups in total. The van der Waals surface area contributed by atoms with Gasteiger partial charge in [0.05, 0.1) is 6.42 Å². The zero-order valence-electron chi connectivity index (χ0n) is 6.52. The van der Waals surface area contributed by atoms with Crippen LogP contribution >= 0.6 is 0 Å². The first-order chi connectivity index (χ1) is 5.49. The number of carbonyl (C=O) groups excluding carboxylic acids is 1. The summed E-state index contributed by atoms with van der Waals surface area (Å²) in [6.45, 7) is 0.303. The Morgan fingerprint density at radius 3 is 2.50 bits per heavy atom. The van der Waals surface area contributed by atoms with Gasteiger partial charge in [0.15, 0.2) is 0 Å². The summed E-state index contributed by atoms with van der Waals surface area (Å²) in [6.07, 6.45) is -3.95. The number of hydrogen-bond donors (Lipinski definition) is 0. The van der Waals surface area contributed by atoms with Crippen LogP contribution < -0.4 is 0 Å². The van der Waals surface area contributed by atoms with Crippen molar-refractivity contribution in [3.05, 3.63) is 0 Å². The highest BCUT2D eigenvalue weighted by molar-refractivity contribution is 5.77. The van der Waals surface area contributed by atoms with Crippen molar-refractivity contribution in [1.82, 2.24) is 4.90 Å². The molecule has 0 aliphatic carbocycles. The van der Waals surface area contributed by atoms with E-state index in [-0.39, 0.29) is 12.5 Å². The molecule has 0 radical (unpaired) electrons. The van der Waals surface area contributed by atoms with Gasteiger partial charge in [-0.1, -0.05) is 0 Å². The number of likely N-dealkylation sites (tertiary alicyclic amines) is 1. The van der Waals surface area contributed by atoms with Crippen LogP contribution in [0.15, 0.2) is 0 Å². The van der Waals surface area contributed by atoms with Crippen LogP contribution in [0.3, 0.4) is 0 Å². The molecule has 0 atom stereocenters. The molecular formula is C7H10F3NO. The largest absolute Gasteiger partial charge is 0.390 e. The van der Waals surface area contributed by atoms with E-state index in [0.29, 0.717) is 19.4 Å². The summed E-state index contributed by atoms with van der Waals surface area (Å²) in [6, 6.07) is 0. The Bertz CT molecular complexity index is 178. The molecule has 1 heterocycles. The third-order valence-corrected chi connectivity index (χ3v) is 1.84. The van der Waals surface area contributed by atoms with E-state index in [4.69, 9.17) is 0 Å². The molecule has 1 amide bonds. The zero-order chi connectivity index (χ0) is 9.19. The van der Waals surface area contributed by atoms with E-state index >= 15 is 0 Å². The standard InChI is InChI=1S/C7H10F3NO/c8-7(9,10)3-5-11-4-1-2-6(11)12/h1-5H2. The van der Waals surface area contributed by atoms with Gasteiger partial charge in [-0.05, 0) is 6.42 Å². The molecule has 0 aromatic carbocycles. The van der Waals surface area contributed by atoms with E-state index < -0.39 is 12.6 Å². The zero-order valence-corrected chi connectivity index (χ0v) is 6.52. The molecule has 2 nitrogen and oxygen atoms in total. The van der Waals surface area contributed by atoms with Crippen molar-refractivity contribution in [3.8, 4) is 0 Å². The van der Waals surface area contributed by atoms with Crippen molar-refractivity contribution in [1.29, 1.82) is 0 Å². The average molecular weight is 181 g/mol. The van der Waals surface area contributed by atoms with E-state index in [0.717, 1.165) is 0 Å². The number of halogens is 3. The van der Waals surface area contributed by atoms with Gasteiger partial charge in [0.25, 0.3) is 0 Å². The molecule has 0 unspecified atom stereocenters. The normalized spacial score (nSPS) is 18.9. The van der Waals surface area contributed by atoms with E-state index in [1.807, 2.05) is 0 Å². The lowest BCUT2D eigenvalue weighted by Crippen LogP contribution is -2.28. The second-order valence-electron chi connectivity index (χ2n) is 2.85. The van der Waals surface area contributed by atoms with Gasteiger partial charge in [-0.25, -0.2) is 0 Å². The lowest BCUT2D eigenvalue weighted by Gasteiger charge is -2.16. The average Bonchev–Trinajstić information content (AvgIpc) is 2.29. The summed E-state index contributed by atoms with van der Waals surface area (Å²) in [4.78, 5) is 12.1. The Balaban J connectivity index is 2.27. The van der Waals surface area contributed by atoms with Gasteiger partial charge in [0.2, 0.25) is 5.91 Å². The molecule has 1 saturated heterocycles. The first-order valence-electron chi connectivity index (χ1n) is 3.83. The lowest BCUT2D eigenvalue weighted by molar-refractivity contribution is -0.143. The number of amides is 1. The second-order valence-corrected chi connectivity index (χ2v) is 2.85. The minimum Gasteiger partial charge on any atom is -0.342 e. The molecule has 1 rings (SSSR count). The number of alkyl halides is 3. The highest BCUT2D eigenvalue weighted by atomic mass is 19.4. The quantitative estimate of drug-likeness (QED) is 0.633. The minimum atomic E-state index is -4.15. The fourth-order valence-electron chi connectivity index (χ4n) is 1.20. The topological polar surface area (TPSA) is 20.3 Å². The molecule has 0 aromatic heterocycles. The van der Waals surface area contributed by atoms with Crippen LogP contribution in [-0.2, 0) is 4.79 Å². The van der Waals surface area contributed by atoms with E-state index in [1.54, 1.807) is 0 Å². The first-order valence-corrected chi connectivity index (χ1v) is 3.83. The van der Waals surface area contributed by atoms with Crippen LogP contribution in [0, 0.1) is 0 Å². The molecule has 0 bridgehead atoms. The van der Waals surface area contributed by atoms with Crippen molar-refractivity contribution in [2.24, 2.45) is 0 Å². The van der Waals surface area contributed by atoms with Gasteiger partial charge >= 0.3 is 6.18 Å². The monoisotopic (exact) mass is 181 g/mol. The Hall–Kier alpha value is -0.740. The highest BCUT2D eigenvalue weighted by Crippen LogP contribution is 2.21. The van der Waals surface area contributed by atoms with Crippen molar-refractivity contribution in [2.75, 3.05) is 13.1 Å². The van der Waals surface area contributed by atoms with Gasteiger partial charge < -0.3 is 4.90 Å². The van der Waals surface area contributed by atoms with E-state index in [1.165, 1.54) is 4.90 Å². The fourth-order valence-corrected chi connectivity index (χ4v) is 1.20. The van der Waals surface area contributed by atoms with E-state index in [9.17, 15) is 18.0 Å². The molecule has 70 valence electrons. The van der Waals surface area contributed by atoms with Crippen molar-refractivity contribution >= 4 is 5.91 Å². The van der Waals surface area contributed by atoms with Crippen molar-refractivity contribution in [3.63, 3.8) is 0 Å². The Morgan fingerprint density at radius 2 is 2.08 bits per heavy atom. The third-order valence-electron chi connectivity index (χ3n) is 1.84. The van der Waals surface area contributed by atoms with Gasteiger partial charge in [-0.15, -0.1) is 0 Å². The maximum Gasteiger partial charge on any atom is 0.390 e. The summed E-state index contributed by atoms with van der Waals surface area (Å²) >= 11 is 0. The predicted octanol–water partition coefficient (Wildman–Crippen LogP) is 1.56. The fraction of sp³-hybridized carbons (Fsp3) is 0.857. The summed E-state index contributed by atoms with van der Waals surface area (Å²) in [5.41, 5.74) is 0. The number of nitrogens with zero attached hydrogens (tertiary/aromatic N) is 1. The molecule has 0 spiro atoms. The first kappa shape index (κ1) is 9.35. The van der Waals surface area contributed by atoms with Crippen LogP contribution in [0.4, 0.5) is 13.2 Å². The van der Waals surface area contributed by atoms with Crippen LogP contribution in [0.2, 0.25) is 0 Å². The summed E-state index contributed by atoms with van der Waals surface area (Å²) in [5, 5.41) is 0. The number of rotatable bonds is 2. The van der Waals surface area contributed by atoms with Crippen LogP contribution in [0.5, 0.6) is 0 Å². The van der Waals surface area contributed by atoms with Gasteiger partial charge in [0.1, 0.15) is 0 Å².